The number of hydrogen-bond donors (Lipinski definition) is 0. The van der Waals surface area contributed by atoms with Crippen molar-refractivity contribution in [1.82, 2.24) is 9.55 Å². The molecule has 2 rings (SSSR count). The Labute approximate surface area is 157 Å². The van der Waals surface area contributed by atoms with E-state index in [4.69, 9.17) is 21.6 Å². The van der Waals surface area contributed by atoms with E-state index in [1.807, 2.05) is 13.8 Å². The summed E-state index contributed by atoms with van der Waals surface area (Å²) in [6.45, 7) is 5.13. The van der Waals surface area contributed by atoms with Gasteiger partial charge >= 0.3 is 0 Å². The second kappa shape index (κ2) is 9.81. The molecular formula is C18H22ClN3O2S. The van der Waals surface area contributed by atoms with Crippen LogP contribution in [0.4, 0.5) is 0 Å². The lowest BCUT2D eigenvalue weighted by atomic mass is 10.2. The van der Waals surface area contributed by atoms with E-state index < -0.39 is 0 Å². The molecule has 5 nitrogen and oxygen atoms in total. The fourth-order valence-electron chi connectivity index (χ4n) is 2.34. The molecule has 0 saturated carbocycles. The topological polar surface area (TPSA) is 67.9 Å². The highest BCUT2D eigenvalue weighted by molar-refractivity contribution is 7.99. The smallest absolute Gasteiger partial charge is 0.262 e. The molecule has 0 aliphatic rings. The van der Waals surface area contributed by atoms with Crippen molar-refractivity contribution < 1.29 is 4.74 Å². The lowest BCUT2D eigenvalue weighted by Gasteiger charge is -2.14. The maximum Gasteiger partial charge on any atom is 0.262 e. The van der Waals surface area contributed by atoms with Gasteiger partial charge in [-0.3, -0.25) is 9.36 Å². The number of thioether (sulfide) groups is 1. The third kappa shape index (κ3) is 5.74. The number of halogens is 1. The zero-order chi connectivity index (χ0) is 18.2. The molecule has 0 N–H and O–H groups in total. The number of nitriles is 1. The van der Waals surface area contributed by atoms with Gasteiger partial charge in [-0.05, 0) is 44.9 Å². The fraction of sp³-hybridized carbons (Fsp3) is 0.500. The number of hydrogen-bond acceptors (Lipinski definition) is 5. The third-order valence-corrected chi connectivity index (χ3v) is 4.82. The van der Waals surface area contributed by atoms with Crippen LogP contribution in [0.2, 0.25) is 5.02 Å². The molecule has 0 amide bonds. The predicted octanol–water partition coefficient (Wildman–Crippen LogP) is 4.26. The second-order valence-corrected chi connectivity index (χ2v) is 7.39. The third-order valence-electron chi connectivity index (χ3n) is 3.52. The summed E-state index contributed by atoms with van der Waals surface area (Å²) in [5.74, 6) is 0.745. The first-order valence-corrected chi connectivity index (χ1v) is 9.70. The first-order chi connectivity index (χ1) is 12.0. The Bertz CT molecular complexity index is 814. The summed E-state index contributed by atoms with van der Waals surface area (Å²) in [6, 6.07) is 7.27. The standard InChI is InChI=1S/C18H22ClN3O2S/c1-13(2)24-10-5-9-22-17(23)15-7-6-14(19)12-16(15)21-18(22)25-11-4-3-8-20/h6-7,12-13H,3-5,9-11H2,1-2H3. The molecule has 0 spiro atoms. The number of unbranched alkanes of at least 4 members (excludes halogenated alkanes) is 1. The molecule has 0 aliphatic heterocycles. The van der Waals surface area contributed by atoms with Gasteiger partial charge in [0.1, 0.15) is 0 Å². The van der Waals surface area contributed by atoms with Gasteiger partial charge in [0.15, 0.2) is 5.16 Å². The van der Waals surface area contributed by atoms with E-state index in [0.29, 0.717) is 40.7 Å². The first kappa shape index (κ1) is 19.8. The van der Waals surface area contributed by atoms with E-state index >= 15 is 0 Å². The number of fused-ring (bicyclic) bond motifs is 1. The summed E-state index contributed by atoms with van der Waals surface area (Å²) < 4.78 is 7.27. The SMILES string of the molecule is CC(C)OCCCn1c(SCCCC#N)nc2cc(Cl)ccc2c1=O. The Morgan fingerprint density at radius 3 is 2.92 bits per heavy atom. The van der Waals surface area contributed by atoms with Gasteiger partial charge in [-0.15, -0.1) is 0 Å². The molecule has 134 valence electrons. The number of aromatic nitrogens is 2. The minimum absolute atomic E-state index is 0.0611. The van der Waals surface area contributed by atoms with Crippen LogP contribution in [0.5, 0.6) is 0 Å². The van der Waals surface area contributed by atoms with Gasteiger partial charge in [-0.25, -0.2) is 4.98 Å². The van der Waals surface area contributed by atoms with Crippen molar-refractivity contribution in [2.45, 2.75) is 50.9 Å². The monoisotopic (exact) mass is 379 g/mol. The first-order valence-electron chi connectivity index (χ1n) is 8.34. The number of nitrogens with zero attached hydrogens (tertiary/aromatic N) is 3. The number of rotatable bonds is 9. The van der Waals surface area contributed by atoms with E-state index in [1.54, 1.807) is 22.8 Å². The highest BCUT2D eigenvalue weighted by Crippen LogP contribution is 2.21. The Balaban J connectivity index is 2.27. The zero-order valence-electron chi connectivity index (χ0n) is 14.5. The maximum absolute atomic E-state index is 12.9. The average molecular weight is 380 g/mol. The molecule has 0 aliphatic carbocycles. The van der Waals surface area contributed by atoms with Crippen molar-refractivity contribution in [3.8, 4) is 6.07 Å². The van der Waals surface area contributed by atoms with Crippen LogP contribution in [-0.2, 0) is 11.3 Å². The van der Waals surface area contributed by atoms with Crippen LogP contribution in [0.1, 0.15) is 33.1 Å². The molecule has 1 heterocycles. The van der Waals surface area contributed by atoms with Gasteiger partial charge in [0.2, 0.25) is 0 Å². The molecule has 0 fully saturated rings. The van der Waals surface area contributed by atoms with Crippen molar-refractivity contribution in [2.24, 2.45) is 0 Å². The molecule has 7 heteroatoms. The maximum atomic E-state index is 12.9. The summed E-state index contributed by atoms with van der Waals surface area (Å²) >= 11 is 7.54. The number of ether oxygens (including phenoxy) is 1. The normalized spacial score (nSPS) is 11.2. The van der Waals surface area contributed by atoms with E-state index in [9.17, 15) is 4.79 Å². The van der Waals surface area contributed by atoms with Crippen LogP contribution in [0.15, 0.2) is 28.2 Å². The summed E-state index contributed by atoms with van der Waals surface area (Å²) in [6.07, 6.45) is 2.18. The van der Waals surface area contributed by atoms with Gasteiger partial charge in [0.05, 0.1) is 23.1 Å². The van der Waals surface area contributed by atoms with Crippen molar-refractivity contribution in [3.05, 3.63) is 33.6 Å². The summed E-state index contributed by atoms with van der Waals surface area (Å²) in [5.41, 5.74) is 0.545. The van der Waals surface area contributed by atoms with E-state index in [0.717, 1.165) is 18.6 Å². The lowest BCUT2D eigenvalue weighted by molar-refractivity contribution is 0.0743. The van der Waals surface area contributed by atoms with Crippen LogP contribution in [0, 0.1) is 11.3 Å². The largest absolute Gasteiger partial charge is 0.379 e. The molecule has 0 bridgehead atoms. The number of benzene rings is 1. The van der Waals surface area contributed by atoms with Gasteiger partial charge in [-0.1, -0.05) is 23.4 Å². The van der Waals surface area contributed by atoms with Crippen LogP contribution in [0.25, 0.3) is 10.9 Å². The Morgan fingerprint density at radius 1 is 1.40 bits per heavy atom. The molecule has 1 aromatic heterocycles. The fourth-order valence-corrected chi connectivity index (χ4v) is 3.47. The van der Waals surface area contributed by atoms with Gasteiger partial charge in [0, 0.05) is 30.3 Å². The highest BCUT2D eigenvalue weighted by atomic mass is 35.5. The lowest BCUT2D eigenvalue weighted by Crippen LogP contribution is -2.24. The Hall–Kier alpha value is -1.55. The molecule has 0 atom stereocenters. The predicted molar refractivity (Wildman–Crippen MR) is 102 cm³/mol. The van der Waals surface area contributed by atoms with Crippen molar-refractivity contribution >= 4 is 34.3 Å². The van der Waals surface area contributed by atoms with Crippen molar-refractivity contribution in [3.63, 3.8) is 0 Å². The van der Waals surface area contributed by atoms with Gasteiger partial charge < -0.3 is 4.74 Å². The van der Waals surface area contributed by atoms with Crippen LogP contribution >= 0.6 is 23.4 Å². The van der Waals surface area contributed by atoms with E-state index in [-0.39, 0.29) is 11.7 Å². The summed E-state index contributed by atoms with van der Waals surface area (Å²) in [7, 11) is 0. The summed E-state index contributed by atoms with van der Waals surface area (Å²) in [5, 5.41) is 10.5. The van der Waals surface area contributed by atoms with Crippen molar-refractivity contribution in [2.75, 3.05) is 12.4 Å². The Morgan fingerprint density at radius 2 is 2.20 bits per heavy atom. The zero-order valence-corrected chi connectivity index (χ0v) is 16.1. The minimum Gasteiger partial charge on any atom is -0.379 e. The highest BCUT2D eigenvalue weighted by Gasteiger charge is 2.12. The summed E-state index contributed by atoms with van der Waals surface area (Å²) in [4.78, 5) is 17.5. The van der Waals surface area contributed by atoms with E-state index in [1.165, 1.54) is 11.8 Å². The molecule has 0 unspecified atom stereocenters. The molecular weight excluding hydrogens is 358 g/mol. The van der Waals surface area contributed by atoms with E-state index in [2.05, 4.69) is 11.1 Å². The van der Waals surface area contributed by atoms with Gasteiger partial charge in [0.25, 0.3) is 5.56 Å². The minimum atomic E-state index is -0.0611. The molecule has 25 heavy (non-hydrogen) atoms. The van der Waals surface area contributed by atoms with Gasteiger partial charge in [-0.2, -0.15) is 5.26 Å². The average Bonchev–Trinajstić information content (AvgIpc) is 2.57. The molecule has 0 saturated heterocycles. The quantitative estimate of drug-likeness (QED) is 0.370. The molecule has 1 aromatic carbocycles. The van der Waals surface area contributed by atoms with Crippen LogP contribution in [0.3, 0.4) is 0 Å². The van der Waals surface area contributed by atoms with Crippen LogP contribution < -0.4 is 5.56 Å². The van der Waals surface area contributed by atoms with Crippen LogP contribution in [-0.4, -0.2) is 28.0 Å². The molecule has 0 radical (unpaired) electrons. The van der Waals surface area contributed by atoms with Crippen molar-refractivity contribution in [1.29, 1.82) is 5.26 Å². The molecule has 2 aromatic rings. The Kier molecular flexibility index (Phi) is 7.76. The second-order valence-electron chi connectivity index (χ2n) is 5.90.